The molecule has 26 heteroatoms. The number of thioether (sulfide) groups is 1. The highest BCUT2D eigenvalue weighted by atomic mass is 35.5. The van der Waals surface area contributed by atoms with Gasteiger partial charge in [0.05, 0.1) is 26.2 Å². The first-order chi connectivity index (χ1) is 44.1. The zero-order chi connectivity index (χ0) is 66.6. The first kappa shape index (κ1) is 72.4. The van der Waals surface area contributed by atoms with Gasteiger partial charge in [0.1, 0.15) is 61.2 Å². The van der Waals surface area contributed by atoms with Crippen molar-refractivity contribution in [2.24, 2.45) is 10.7 Å². The van der Waals surface area contributed by atoms with Gasteiger partial charge in [-0.1, -0.05) is 114 Å². The molecule has 0 bridgehead atoms. The van der Waals surface area contributed by atoms with E-state index in [-0.39, 0.29) is 69.2 Å². The summed E-state index contributed by atoms with van der Waals surface area (Å²) in [5, 5.41) is 14.5. The first-order valence-electron chi connectivity index (χ1n) is 29.4. The van der Waals surface area contributed by atoms with Crippen LogP contribution in [0.2, 0.25) is 10.0 Å². The molecule has 0 aliphatic carbocycles. The van der Waals surface area contributed by atoms with E-state index in [1.54, 1.807) is 112 Å². The van der Waals surface area contributed by atoms with E-state index in [0.717, 1.165) is 23.8 Å². The Bertz CT molecular complexity index is 3530. The maximum atomic E-state index is 15.0. The minimum Gasteiger partial charge on any atom is -0.497 e. The molecule has 0 heterocycles. The summed E-state index contributed by atoms with van der Waals surface area (Å²) < 4.78 is 62.0. The molecule has 0 aliphatic heterocycles. The Morgan fingerprint density at radius 2 is 1.11 bits per heavy atom. The molecule has 0 aliphatic rings. The predicted octanol–water partition coefficient (Wildman–Crippen LogP) is 9.08. The lowest BCUT2D eigenvalue weighted by molar-refractivity contribution is -0.145. The number of esters is 1. The van der Waals surface area contributed by atoms with Crippen molar-refractivity contribution in [3.63, 3.8) is 0 Å². The van der Waals surface area contributed by atoms with Crippen LogP contribution in [0.1, 0.15) is 76.6 Å². The SMILES string of the molecule is COC(=O)[C@H](CCCCNC(=O)OCc1ccccc1)NC(=O)[C@H](CCCN=C(N)NS(=O)(=O)c1c(C)cc(C)cc1C)NC(=O)[C@H](Cc1ccc(OCc2c(Cl)cccc2Cl)cc1)NC(=O)[C@H](CSCc1ccc(OC)cc1)NC(=O)OCc1ccc(OC)cc1. The molecule has 6 aromatic rings. The molecule has 92 heavy (non-hydrogen) atoms. The highest BCUT2D eigenvalue weighted by Crippen LogP contribution is 2.27. The van der Waals surface area contributed by atoms with Crippen molar-refractivity contribution < 1.29 is 65.6 Å². The van der Waals surface area contributed by atoms with Crippen molar-refractivity contribution in [3.05, 3.63) is 188 Å². The predicted molar refractivity (Wildman–Crippen MR) is 353 cm³/mol. The van der Waals surface area contributed by atoms with Gasteiger partial charge in [-0.05, 0) is 135 Å². The van der Waals surface area contributed by atoms with Crippen molar-refractivity contribution >= 4 is 86.8 Å². The summed E-state index contributed by atoms with van der Waals surface area (Å²) in [4.78, 5) is 88.1. The topological polar surface area (TPSA) is 302 Å². The molecule has 6 rings (SSSR count). The number of ether oxygens (including phenoxy) is 6. The number of benzene rings is 6. The van der Waals surface area contributed by atoms with Gasteiger partial charge in [0.2, 0.25) is 23.7 Å². The molecule has 0 spiro atoms. The van der Waals surface area contributed by atoms with Gasteiger partial charge >= 0.3 is 18.2 Å². The normalized spacial score (nSPS) is 12.6. The second-order valence-electron chi connectivity index (χ2n) is 21.3. The number of halogens is 2. The Morgan fingerprint density at radius 1 is 0.576 bits per heavy atom. The summed E-state index contributed by atoms with van der Waals surface area (Å²) in [7, 11) is 0.0592. The third-order valence-corrected chi connectivity index (χ3v) is 17.6. The zero-order valence-electron chi connectivity index (χ0n) is 52.0. The number of hydrogen-bond acceptors (Lipinski definition) is 16. The number of rotatable bonds is 34. The Kier molecular flexibility index (Phi) is 29.1. The average Bonchev–Trinajstić information content (AvgIpc) is 0.841. The number of aliphatic imine (C=N–C) groups is 1. The summed E-state index contributed by atoms with van der Waals surface area (Å²) in [6, 6.07) is 33.1. The van der Waals surface area contributed by atoms with Crippen molar-refractivity contribution in [1.29, 1.82) is 0 Å². The molecular formula is C66H78Cl2N8O14S2. The molecule has 5 amide bonds. The summed E-state index contributed by atoms with van der Waals surface area (Å²) in [6.07, 6.45) is -1.13. The van der Waals surface area contributed by atoms with Crippen LogP contribution in [0.3, 0.4) is 0 Å². The van der Waals surface area contributed by atoms with Gasteiger partial charge < -0.3 is 60.7 Å². The molecule has 6 aromatic carbocycles. The maximum absolute atomic E-state index is 15.0. The highest BCUT2D eigenvalue weighted by molar-refractivity contribution is 7.98. The Balaban J connectivity index is 1.25. The van der Waals surface area contributed by atoms with Crippen molar-refractivity contribution in [1.82, 2.24) is 31.3 Å². The van der Waals surface area contributed by atoms with E-state index in [1.807, 2.05) is 49.4 Å². The lowest BCUT2D eigenvalue weighted by Crippen LogP contribution is -2.58. The van der Waals surface area contributed by atoms with E-state index in [0.29, 0.717) is 73.7 Å². The number of hydrogen-bond donors (Lipinski definition) is 7. The summed E-state index contributed by atoms with van der Waals surface area (Å²) >= 11 is 14.1. The van der Waals surface area contributed by atoms with Gasteiger partial charge in [-0.15, -0.1) is 0 Å². The molecule has 0 unspecified atom stereocenters. The summed E-state index contributed by atoms with van der Waals surface area (Å²) in [5.74, 6) is -1.58. The molecule has 22 nitrogen and oxygen atoms in total. The van der Waals surface area contributed by atoms with Gasteiger partial charge in [0.25, 0.3) is 10.0 Å². The zero-order valence-corrected chi connectivity index (χ0v) is 55.2. The monoisotopic (exact) mass is 1340 g/mol. The number of aryl methyl sites for hydroxylation is 3. The van der Waals surface area contributed by atoms with Crippen LogP contribution < -0.4 is 51.3 Å². The van der Waals surface area contributed by atoms with Crippen molar-refractivity contribution in [2.75, 3.05) is 40.2 Å². The number of unbranched alkanes of at least 4 members (excludes halogenated alkanes) is 1. The Hall–Kier alpha value is -8.71. The molecular weight excluding hydrogens is 1260 g/mol. The minimum absolute atomic E-state index is 0.00369. The molecule has 4 atom stereocenters. The third kappa shape index (κ3) is 23.8. The number of amides is 5. The number of guanidine groups is 1. The Morgan fingerprint density at radius 3 is 1.73 bits per heavy atom. The standard InChI is InChI=1S/C66H78Cl2N8O14S2/c1-42-34-43(2)59(44(3)35-42)92(83,84)76-64(69)70-33-13-19-55(60(77)73-56(63(80)87-6)18-10-11-32-71-65(81)89-37-46-14-8-7-9-15-46)72-61(78)57(36-45-20-30-51(31-21-45)88-39-52-53(67)16-12-17-54(52)68)74-62(79)58(41-91-40-48-24-28-50(86-5)29-25-48)75-66(82)90-38-47-22-26-49(85-4)27-23-47/h7-9,12,14-17,20-31,34-35,55-58H,10-11,13,18-19,32-33,36-41H2,1-6H3,(H,71,81)(H,72,78)(H,73,77)(H,74,79)(H,75,82)(H3,69,70,76)/t55-,56-,57-,58-/m0/s1. The molecule has 0 saturated carbocycles. The number of nitrogens with one attached hydrogen (secondary N) is 6. The van der Waals surface area contributed by atoms with Crippen molar-refractivity contribution in [2.45, 2.75) is 114 Å². The van der Waals surface area contributed by atoms with Crippen LogP contribution in [0.4, 0.5) is 9.59 Å². The quantitative estimate of drug-likeness (QED) is 0.00651. The van der Waals surface area contributed by atoms with Gasteiger partial charge in [0, 0.05) is 46.6 Å². The molecule has 492 valence electrons. The molecule has 8 N–H and O–H groups in total. The van der Waals surface area contributed by atoms with E-state index < -0.39 is 76.0 Å². The van der Waals surface area contributed by atoms with Crippen LogP contribution in [0.25, 0.3) is 0 Å². The van der Waals surface area contributed by atoms with E-state index in [2.05, 4.69) is 36.3 Å². The highest BCUT2D eigenvalue weighted by Gasteiger charge is 2.33. The van der Waals surface area contributed by atoms with E-state index in [4.69, 9.17) is 57.4 Å². The van der Waals surface area contributed by atoms with Crippen LogP contribution in [-0.4, -0.2) is 115 Å². The lowest BCUT2D eigenvalue weighted by Gasteiger charge is -2.26. The van der Waals surface area contributed by atoms with Crippen LogP contribution in [0.15, 0.2) is 143 Å². The van der Waals surface area contributed by atoms with Gasteiger partial charge in [0.15, 0.2) is 0 Å². The third-order valence-electron chi connectivity index (χ3n) is 14.2. The number of carbonyl (C=O) groups is 6. The number of methoxy groups -OCH3 is 3. The largest absolute Gasteiger partial charge is 0.497 e. The number of alkyl carbamates (subject to hydrolysis) is 2. The Labute approximate surface area is 550 Å². The smallest absolute Gasteiger partial charge is 0.408 e. The second-order valence-corrected chi connectivity index (χ2v) is 24.7. The van der Waals surface area contributed by atoms with Crippen LogP contribution in [0, 0.1) is 20.8 Å². The van der Waals surface area contributed by atoms with E-state index in [9.17, 15) is 32.4 Å². The average molecular weight is 1340 g/mol. The number of nitrogens with zero attached hydrogens (tertiary/aromatic N) is 1. The van der Waals surface area contributed by atoms with E-state index >= 15 is 4.79 Å². The lowest BCUT2D eigenvalue weighted by atomic mass is 10.0. The summed E-state index contributed by atoms with van der Waals surface area (Å²) in [6.45, 7) is 5.18. The molecule has 0 radical (unpaired) electrons. The fraction of sp³-hybridized carbons (Fsp3) is 0.348. The fourth-order valence-corrected chi connectivity index (χ4v) is 12.4. The number of sulfonamides is 1. The molecule has 0 saturated heterocycles. The second kappa shape index (κ2) is 37.0. The van der Waals surface area contributed by atoms with Crippen molar-refractivity contribution in [3.8, 4) is 17.2 Å². The maximum Gasteiger partial charge on any atom is 0.408 e. The number of carbonyl (C=O) groups excluding carboxylic acids is 6. The van der Waals surface area contributed by atoms with E-state index in [1.165, 1.54) is 18.9 Å². The first-order valence-corrected chi connectivity index (χ1v) is 32.8. The fourth-order valence-electron chi connectivity index (χ4n) is 9.47. The van der Waals surface area contributed by atoms with Crippen LogP contribution in [0.5, 0.6) is 17.2 Å². The van der Waals surface area contributed by atoms with Gasteiger partial charge in [-0.2, -0.15) is 11.8 Å². The summed E-state index contributed by atoms with van der Waals surface area (Å²) in [5.41, 5.74) is 11.5. The van der Waals surface area contributed by atoms with Gasteiger partial charge in [-0.3, -0.25) is 19.4 Å². The van der Waals surface area contributed by atoms with Crippen LogP contribution >= 0.6 is 35.0 Å². The number of nitrogens with two attached hydrogens (primary N) is 1. The molecule has 0 fully saturated rings. The molecule has 0 aromatic heterocycles. The van der Waals surface area contributed by atoms with Gasteiger partial charge in [-0.25, -0.2) is 27.5 Å². The van der Waals surface area contributed by atoms with Crippen LogP contribution in [-0.2, 0) is 75.4 Å². The minimum atomic E-state index is -4.18.